The van der Waals surface area contributed by atoms with E-state index in [0.717, 1.165) is 5.39 Å². The van der Waals surface area contributed by atoms with Crippen molar-refractivity contribution in [3.63, 3.8) is 0 Å². The summed E-state index contributed by atoms with van der Waals surface area (Å²) >= 11 is 0. The van der Waals surface area contributed by atoms with Crippen LogP contribution in [0.5, 0.6) is 11.5 Å². The van der Waals surface area contributed by atoms with E-state index in [1.54, 1.807) is 49.4 Å². The Hall–Kier alpha value is -3.99. The molecule has 1 heterocycles. The van der Waals surface area contributed by atoms with Gasteiger partial charge in [-0.25, -0.2) is 0 Å². The quantitative estimate of drug-likeness (QED) is 0.623. The first-order valence-corrected chi connectivity index (χ1v) is 8.90. The molecule has 0 aliphatic carbocycles. The predicted molar refractivity (Wildman–Crippen MR) is 104 cm³/mol. The standard InChI is InChI=1S/C21H19N3O5/c1-3-27-15-8-9-18-16(10-15)13(2)20(29-18)21(26)24-23-19(25)12-28-17-7-5-4-6-14(17)11-22/h4-10H,3,12H2,1-2H3,(H,23,25)(H,24,26). The zero-order chi connectivity index (χ0) is 20.8. The summed E-state index contributed by atoms with van der Waals surface area (Å²) in [5.41, 5.74) is 6.04. The average molecular weight is 393 g/mol. The fourth-order valence-electron chi connectivity index (χ4n) is 2.72. The van der Waals surface area contributed by atoms with Crippen molar-refractivity contribution in [2.75, 3.05) is 13.2 Å². The minimum Gasteiger partial charge on any atom is -0.494 e. The van der Waals surface area contributed by atoms with Gasteiger partial charge in [0.15, 0.2) is 12.4 Å². The molecule has 0 saturated heterocycles. The van der Waals surface area contributed by atoms with E-state index in [-0.39, 0.29) is 18.1 Å². The van der Waals surface area contributed by atoms with Crippen LogP contribution in [0.25, 0.3) is 11.0 Å². The number of para-hydroxylation sites is 1. The highest BCUT2D eigenvalue weighted by Gasteiger charge is 2.19. The van der Waals surface area contributed by atoms with E-state index in [1.165, 1.54) is 0 Å². The highest BCUT2D eigenvalue weighted by molar-refractivity contribution is 5.99. The van der Waals surface area contributed by atoms with Crippen molar-refractivity contribution in [2.45, 2.75) is 13.8 Å². The first-order chi connectivity index (χ1) is 14.0. The van der Waals surface area contributed by atoms with Crippen LogP contribution in [0.4, 0.5) is 0 Å². The summed E-state index contributed by atoms with van der Waals surface area (Å²) in [6.07, 6.45) is 0. The Morgan fingerprint density at radius 1 is 1.14 bits per heavy atom. The van der Waals surface area contributed by atoms with Gasteiger partial charge >= 0.3 is 5.91 Å². The van der Waals surface area contributed by atoms with Crippen LogP contribution in [0.15, 0.2) is 46.9 Å². The van der Waals surface area contributed by atoms with Crippen LogP contribution in [0, 0.1) is 18.3 Å². The molecular weight excluding hydrogens is 374 g/mol. The molecule has 0 spiro atoms. The third-order valence-corrected chi connectivity index (χ3v) is 4.11. The maximum atomic E-state index is 12.4. The summed E-state index contributed by atoms with van der Waals surface area (Å²) in [5, 5.41) is 9.77. The summed E-state index contributed by atoms with van der Waals surface area (Å²) in [6, 6.07) is 13.8. The van der Waals surface area contributed by atoms with Crippen LogP contribution in [0.3, 0.4) is 0 Å². The second-order valence-corrected chi connectivity index (χ2v) is 6.05. The lowest BCUT2D eigenvalue weighted by Gasteiger charge is -2.09. The molecule has 0 radical (unpaired) electrons. The minimum absolute atomic E-state index is 0.0877. The number of nitrogens with one attached hydrogen (secondary N) is 2. The SMILES string of the molecule is CCOc1ccc2oc(C(=O)NNC(=O)COc3ccccc3C#N)c(C)c2c1. The zero-order valence-electron chi connectivity index (χ0n) is 15.9. The van der Waals surface area contributed by atoms with Crippen molar-refractivity contribution in [2.24, 2.45) is 0 Å². The van der Waals surface area contributed by atoms with Crippen LogP contribution >= 0.6 is 0 Å². The van der Waals surface area contributed by atoms with Crippen molar-refractivity contribution in [1.29, 1.82) is 5.26 Å². The number of carbonyl (C=O) groups excluding carboxylic acids is 2. The molecule has 3 rings (SSSR count). The number of aryl methyl sites for hydroxylation is 1. The van der Waals surface area contributed by atoms with Gasteiger partial charge in [0.1, 0.15) is 23.2 Å². The molecule has 2 amide bonds. The number of benzene rings is 2. The molecule has 0 saturated carbocycles. The fourth-order valence-corrected chi connectivity index (χ4v) is 2.72. The van der Waals surface area contributed by atoms with Crippen molar-refractivity contribution in [3.8, 4) is 17.6 Å². The first-order valence-electron chi connectivity index (χ1n) is 8.90. The molecule has 0 aliphatic heterocycles. The highest BCUT2D eigenvalue weighted by Crippen LogP contribution is 2.28. The Kier molecular flexibility index (Phi) is 6.00. The Morgan fingerprint density at radius 3 is 2.69 bits per heavy atom. The van der Waals surface area contributed by atoms with Gasteiger partial charge in [-0.15, -0.1) is 0 Å². The molecule has 8 heteroatoms. The van der Waals surface area contributed by atoms with Crippen LogP contribution in [0.2, 0.25) is 0 Å². The molecule has 0 atom stereocenters. The highest BCUT2D eigenvalue weighted by atomic mass is 16.5. The number of hydrogen-bond acceptors (Lipinski definition) is 6. The number of ether oxygens (including phenoxy) is 2. The number of nitriles is 1. The smallest absolute Gasteiger partial charge is 0.305 e. The molecular formula is C21H19N3O5. The number of hydrazine groups is 1. The van der Waals surface area contributed by atoms with Gasteiger partial charge in [0.05, 0.1) is 12.2 Å². The molecule has 2 aromatic carbocycles. The molecule has 0 bridgehead atoms. The number of hydrogen-bond donors (Lipinski definition) is 2. The number of amides is 2. The number of fused-ring (bicyclic) bond motifs is 1. The fraction of sp³-hybridized carbons (Fsp3) is 0.190. The normalized spacial score (nSPS) is 10.2. The summed E-state index contributed by atoms with van der Waals surface area (Å²) in [5.74, 6) is -0.126. The van der Waals surface area contributed by atoms with E-state index >= 15 is 0 Å². The van der Waals surface area contributed by atoms with Gasteiger partial charge in [0.2, 0.25) is 0 Å². The topological polar surface area (TPSA) is 114 Å². The molecule has 0 fully saturated rings. The predicted octanol–water partition coefficient (Wildman–Crippen LogP) is 2.85. The lowest BCUT2D eigenvalue weighted by atomic mass is 10.1. The third-order valence-electron chi connectivity index (χ3n) is 4.11. The molecule has 148 valence electrons. The Balaban J connectivity index is 1.61. The third kappa shape index (κ3) is 4.47. The van der Waals surface area contributed by atoms with Gasteiger partial charge in [-0.1, -0.05) is 12.1 Å². The van der Waals surface area contributed by atoms with Crippen LogP contribution < -0.4 is 20.3 Å². The summed E-state index contributed by atoms with van der Waals surface area (Å²) in [6.45, 7) is 3.80. The molecule has 29 heavy (non-hydrogen) atoms. The van der Waals surface area contributed by atoms with Crippen molar-refractivity contribution < 1.29 is 23.5 Å². The second kappa shape index (κ2) is 8.80. The first kappa shape index (κ1) is 19.8. The van der Waals surface area contributed by atoms with Gasteiger partial charge in [-0.3, -0.25) is 20.4 Å². The van der Waals surface area contributed by atoms with E-state index in [2.05, 4.69) is 10.9 Å². The zero-order valence-corrected chi connectivity index (χ0v) is 15.9. The van der Waals surface area contributed by atoms with Gasteiger partial charge in [0.25, 0.3) is 5.91 Å². The van der Waals surface area contributed by atoms with Crippen LogP contribution in [-0.2, 0) is 4.79 Å². The van der Waals surface area contributed by atoms with Crippen molar-refractivity contribution in [3.05, 3.63) is 59.4 Å². The monoisotopic (exact) mass is 393 g/mol. The largest absolute Gasteiger partial charge is 0.494 e. The van der Waals surface area contributed by atoms with Crippen molar-refractivity contribution >= 4 is 22.8 Å². The molecule has 2 N–H and O–H groups in total. The van der Waals surface area contributed by atoms with Crippen LogP contribution in [0.1, 0.15) is 28.6 Å². The van der Waals surface area contributed by atoms with Gasteiger partial charge in [-0.05, 0) is 44.2 Å². The lowest BCUT2D eigenvalue weighted by molar-refractivity contribution is -0.123. The van der Waals surface area contributed by atoms with E-state index in [1.807, 2.05) is 13.0 Å². The number of nitrogens with zero attached hydrogens (tertiary/aromatic N) is 1. The van der Waals surface area contributed by atoms with Crippen molar-refractivity contribution in [1.82, 2.24) is 10.9 Å². The summed E-state index contributed by atoms with van der Waals surface area (Å²) in [4.78, 5) is 24.3. The molecule has 0 unspecified atom stereocenters. The maximum Gasteiger partial charge on any atom is 0.305 e. The lowest BCUT2D eigenvalue weighted by Crippen LogP contribution is -2.43. The maximum absolute atomic E-state index is 12.4. The van der Waals surface area contributed by atoms with E-state index in [0.29, 0.717) is 29.1 Å². The van der Waals surface area contributed by atoms with Gasteiger partial charge in [0, 0.05) is 10.9 Å². The van der Waals surface area contributed by atoms with E-state index in [4.69, 9.17) is 19.2 Å². The molecule has 3 aromatic rings. The Labute approximate surface area is 167 Å². The Morgan fingerprint density at radius 2 is 1.93 bits per heavy atom. The molecule has 0 aliphatic rings. The van der Waals surface area contributed by atoms with Gasteiger partial charge in [-0.2, -0.15) is 5.26 Å². The Bertz CT molecular complexity index is 1100. The number of rotatable bonds is 6. The van der Waals surface area contributed by atoms with E-state index in [9.17, 15) is 9.59 Å². The van der Waals surface area contributed by atoms with E-state index < -0.39 is 11.8 Å². The molecule has 1 aromatic heterocycles. The van der Waals surface area contributed by atoms with Gasteiger partial charge < -0.3 is 13.9 Å². The molecule has 8 nitrogen and oxygen atoms in total. The number of furan rings is 1. The average Bonchev–Trinajstić information content (AvgIpc) is 3.07. The number of carbonyl (C=O) groups is 2. The second-order valence-electron chi connectivity index (χ2n) is 6.05. The summed E-state index contributed by atoms with van der Waals surface area (Å²) in [7, 11) is 0. The van der Waals surface area contributed by atoms with Crippen LogP contribution in [-0.4, -0.2) is 25.0 Å². The minimum atomic E-state index is -0.595. The summed E-state index contributed by atoms with van der Waals surface area (Å²) < 4.78 is 16.4.